The second-order valence-corrected chi connectivity index (χ2v) is 9.70. The Hall–Kier alpha value is -3.50. The lowest BCUT2D eigenvalue weighted by atomic mass is 9.90. The summed E-state index contributed by atoms with van der Waals surface area (Å²) in [5.41, 5.74) is 7.98. The smallest absolute Gasteiger partial charge is 0.484 e. The van der Waals surface area contributed by atoms with Crippen molar-refractivity contribution in [2.75, 3.05) is 19.7 Å². The molecule has 2 aromatic heterocycles. The fourth-order valence-corrected chi connectivity index (χ4v) is 5.33. The van der Waals surface area contributed by atoms with Crippen molar-refractivity contribution in [3.8, 4) is 16.3 Å². The standard InChI is InChI=1S/C26H27BF2N4O2S/c28-27(29)32-20(17-21-9-13-24(33(21)27)25-5-4-16-36-25)8-12-23(32)19-6-10-22(11-7-19)35-18-26(34)31-15-3-1-2-14-30/h4-13,16-17H,1-3,14-15,18,30H2,(H,31,34). The highest BCUT2D eigenvalue weighted by Crippen LogP contribution is 2.37. The molecule has 0 unspecified atom stereocenters. The molecule has 1 amide bonds. The number of hydrogen-bond donors (Lipinski definition) is 2. The summed E-state index contributed by atoms with van der Waals surface area (Å²) in [7, 11) is 0. The molecule has 4 heterocycles. The maximum absolute atomic E-state index is 16.0. The highest BCUT2D eigenvalue weighted by Gasteiger charge is 2.52. The topological polar surface area (TPSA) is 72.3 Å². The molecule has 3 N–H and O–H groups in total. The van der Waals surface area contributed by atoms with Crippen molar-refractivity contribution in [3.05, 3.63) is 83.0 Å². The molecule has 10 heteroatoms. The summed E-state index contributed by atoms with van der Waals surface area (Å²) in [4.78, 5) is 12.8. The third-order valence-corrected chi connectivity index (χ3v) is 7.21. The molecule has 1 aromatic carbocycles. The largest absolute Gasteiger partial charge is 0.737 e. The van der Waals surface area contributed by atoms with E-state index in [2.05, 4.69) is 5.32 Å². The fourth-order valence-electron chi connectivity index (χ4n) is 4.58. The molecule has 6 nitrogen and oxygen atoms in total. The van der Waals surface area contributed by atoms with Crippen LogP contribution in [0, 0.1) is 0 Å². The first-order chi connectivity index (χ1) is 17.5. The molecule has 2 aliphatic heterocycles. The van der Waals surface area contributed by atoms with Gasteiger partial charge in [-0.05, 0) is 67.2 Å². The van der Waals surface area contributed by atoms with Crippen LogP contribution in [0.3, 0.4) is 0 Å². The molecule has 0 fully saturated rings. The molecule has 0 bridgehead atoms. The first-order valence-corrected chi connectivity index (χ1v) is 12.9. The number of halogens is 2. The summed E-state index contributed by atoms with van der Waals surface area (Å²) >= 11 is 1.44. The van der Waals surface area contributed by atoms with Crippen LogP contribution in [-0.2, 0) is 4.79 Å². The highest BCUT2D eigenvalue weighted by molar-refractivity contribution is 7.13. The lowest BCUT2D eigenvalue weighted by molar-refractivity contribution is -0.360. The molecule has 0 saturated heterocycles. The quantitative estimate of drug-likeness (QED) is 0.313. The van der Waals surface area contributed by atoms with Gasteiger partial charge in [-0.1, -0.05) is 12.5 Å². The van der Waals surface area contributed by atoms with Gasteiger partial charge in [0.05, 0.1) is 0 Å². The number of hydrogen-bond acceptors (Lipinski definition) is 4. The number of nitrogens with two attached hydrogens (primary N) is 1. The van der Waals surface area contributed by atoms with Crippen LogP contribution >= 0.6 is 11.3 Å². The number of carbonyl (C=O) groups is 1. The molecular weight excluding hydrogens is 481 g/mol. The fraction of sp³-hybridized carbons (Fsp3) is 0.231. The van der Waals surface area contributed by atoms with E-state index in [1.165, 1.54) is 11.3 Å². The van der Waals surface area contributed by atoms with Crippen molar-refractivity contribution in [3.63, 3.8) is 0 Å². The molecular formula is C26H27BF2N4O2S. The monoisotopic (exact) mass is 508 g/mol. The van der Waals surface area contributed by atoms with E-state index in [9.17, 15) is 4.79 Å². The van der Waals surface area contributed by atoms with Gasteiger partial charge in [-0.3, -0.25) is 4.79 Å². The summed E-state index contributed by atoms with van der Waals surface area (Å²) in [6.45, 7) is -2.97. The van der Waals surface area contributed by atoms with Gasteiger partial charge in [0.25, 0.3) is 5.91 Å². The minimum Gasteiger partial charge on any atom is -0.484 e. The van der Waals surface area contributed by atoms with Gasteiger partial charge in [-0.25, -0.2) is 0 Å². The zero-order valence-electron chi connectivity index (χ0n) is 19.7. The first kappa shape index (κ1) is 24.2. The van der Waals surface area contributed by atoms with Crippen LogP contribution < -0.4 is 15.8 Å². The van der Waals surface area contributed by atoms with Crippen molar-refractivity contribution < 1.29 is 22.6 Å². The normalized spacial score (nSPS) is 15.5. The molecule has 186 valence electrons. The van der Waals surface area contributed by atoms with E-state index in [-0.39, 0.29) is 12.5 Å². The van der Waals surface area contributed by atoms with Crippen molar-refractivity contribution in [2.45, 2.75) is 19.3 Å². The summed E-state index contributed by atoms with van der Waals surface area (Å²) in [5, 5.41) is 4.70. The number of nitrogens with zero attached hydrogens (tertiary/aromatic N) is 2. The van der Waals surface area contributed by atoms with Crippen LogP contribution in [0.2, 0.25) is 0 Å². The second kappa shape index (κ2) is 10.2. The molecule has 0 saturated carbocycles. The first-order valence-electron chi connectivity index (χ1n) is 12.0. The van der Waals surface area contributed by atoms with Crippen molar-refractivity contribution in [1.82, 2.24) is 9.79 Å². The number of fused-ring (bicyclic) bond motifs is 2. The van der Waals surface area contributed by atoms with E-state index in [4.69, 9.17) is 10.5 Å². The number of carbonyl (C=O) groups excluding carboxylic acids is 1. The van der Waals surface area contributed by atoms with Gasteiger partial charge in [-0.2, -0.15) is 0 Å². The Labute approximate surface area is 212 Å². The maximum atomic E-state index is 16.0. The van der Waals surface area contributed by atoms with E-state index >= 15 is 8.63 Å². The zero-order valence-corrected chi connectivity index (χ0v) is 20.5. The van der Waals surface area contributed by atoms with Crippen LogP contribution in [0.5, 0.6) is 5.75 Å². The minimum absolute atomic E-state index is 0.102. The van der Waals surface area contributed by atoms with Gasteiger partial charge in [0.2, 0.25) is 0 Å². The Kier molecular flexibility index (Phi) is 6.89. The van der Waals surface area contributed by atoms with E-state index in [0.717, 1.165) is 33.1 Å². The maximum Gasteiger partial charge on any atom is 0.737 e. The Balaban J connectivity index is 1.31. The number of benzene rings is 1. The SMILES string of the molecule is NCCCCCNC(=O)COc1ccc(C2=[N+]3C(=Cc4ccc(-c5cccs5)n4[B-]3(F)F)C=C2)cc1. The Morgan fingerprint density at radius 1 is 1.08 bits per heavy atom. The number of rotatable bonds is 10. The number of allylic oxidation sites excluding steroid dienone is 2. The van der Waals surface area contributed by atoms with Crippen LogP contribution in [-0.4, -0.2) is 47.2 Å². The predicted octanol–water partition coefficient (Wildman–Crippen LogP) is 4.49. The van der Waals surface area contributed by atoms with Gasteiger partial charge in [0.15, 0.2) is 18.0 Å². The lowest BCUT2D eigenvalue weighted by Crippen LogP contribution is -2.50. The Morgan fingerprint density at radius 3 is 2.67 bits per heavy atom. The van der Waals surface area contributed by atoms with Gasteiger partial charge in [0, 0.05) is 46.6 Å². The lowest BCUT2D eigenvalue weighted by Gasteiger charge is -2.30. The number of amides is 1. The summed E-state index contributed by atoms with van der Waals surface area (Å²) in [6, 6.07) is 14.1. The van der Waals surface area contributed by atoms with E-state index in [1.807, 2.05) is 17.5 Å². The summed E-state index contributed by atoms with van der Waals surface area (Å²) in [6.07, 6.45) is 8.01. The van der Waals surface area contributed by atoms with Crippen molar-refractivity contribution in [2.24, 2.45) is 5.73 Å². The number of nitrogens with one attached hydrogen (secondary N) is 1. The molecule has 0 atom stereocenters. The third-order valence-electron chi connectivity index (χ3n) is 6.31. The highest BCUT2D eigenvalue weighted by atomic mass is 32.1. The van der Waals surface area contributed by atoms with Gasteiger partial charge >= 0.3 is 6.97 Å². The molecule has 2 aliphatic rings. The third kappa shape index (κ3) is 4.66. The predicted molar refractivity (Wildman–Crippen MR) is 140 cm³/mol. The minimum atomic E-state index is -4.11. The van der Waals surface area contributed by atoms with Crippen LogP contribution in [0.25, 0.3) is 16.6 Å². The van der Waals surface area contributed by atoms with Crippen LogP contribution in [0.15, 0.2) is 71.8 Å². The average Bonchev–Trinajstić information content (AvgIpc) is 3.63. The molecule has 0 spiro atoms. The Morgan fingerprint density at radius 2 is 1.92 bits per heavy atom. The van der Waals surface area contributed by atoms with E-state index in [0.29, 0.717) is 47.2 Å². The van der Waals surface area contributed by atoms with E-state index in [1.54, 1.807) is 54.6 Å². The van der Waals surface area contributed by atoms with Gasteiger partial charge in [0.1, 0.15) is 5.75 Å². The molecule has 3 aromatic rings. The van der Waals surface area contributed by atoms with Crippen molar-refractivity contribution >= 4 is 36.0 Å². The molecule has 0 aliphatic carbocycles. The average molecular weight is 508 g/mol. The van der Waals surface area contributed by atoms with Crippen LogP contribution in [0.4, 0.5) is 8.63 Å². The number of aromatic nitrogens is 1. The molecule has 0 radical (unpaired) electrons. The molecule has 36 heavy (non-hydrogen) atoms. The number of thiophene rings is 1. The summed E-state index contributed by atoms with van der Waals surface area (Å²) < 4.78 is 39.9. The molecule has 5 rings (SSSR count). The van der Waals surface area contributed by atoms with Crippen LogP contribution in [0.1, 0.15) is 30.5 Å². The van der Waals surface area contributed by atoms with Gasteiger partial charge < -0.3 is 33.4 Å². The number of unbranched alkanes of at least 4 members (excludes halogenated alkanes) is 2. The number of ether oxygens (including phenoxy) is 1. The van der Waals surface area contributed by atoms with Gasteiger partial charge in [-0.15, -0.1) is 11.3 Å². The Bertz CT molecular complexity index is 1340. The van der Waals surface area contributed by atoms with E-state index < -0.39 is 6.97 Å². The zero-order chi connectivity index (χ0) is 25.1. The van der Waals surface area contributed by atoms with Crippen molar-refractivity contribution in [1.29, 1.82) is 0 Å². The second-order valence-electron chi connectivity index (χ2n) is 8.75. The summed E-state index contributed by atoms with van der Waals surface area (Å²) in [5.74, 6) is 0.299.